The summed E-state index contributed by atoms with van der Waals surface area (Å²) in [5.41, 5.74) is -1.70. The van der Waals surface area contributed by atoms with Gasteiger partial charge in [0.2, 0.25) is 0 Å². The van der Waals surface area contributed by atoms with Gasteiger partial charge in [-0.05, 0) is 20.8 Å². The second-order valence-corrected chi connectivity index (χ2v) is 3.73. The average molecular weight is 218 g/mol. The third kappa shape index (κ3) is 5.24. The largest absolute Gasteiger partial charge is 0.391 e. The molecule has 6 nitrogen and oxygen atoms in total. The first-order valence-electron chi connectivity index (χ1n) is 4.29. The van der Waals surface area contributed by atoms with Gasteiger partial charge in [-0.25, -0.2) is 4.79 Å². The molecular weight excluding hydrogens is 204 g/mol. The molecule has 0 aromatic rings. The predicted molar refractivity (Wildman–Crippen MR) is 48.7 cm³/mol. The Morgan fingerprint density at radius 1 is 1.33 bits per heavy atom. The van der Waals surface area contributed by atoms with Crippen molar-refractivity contribution in [2.45, 2.75) is 38.9 Å². The normalized spacial score (nSPS) is 13.1. The first-order chi connectivity index (χ1) is 6.64. The summed E-state index contributed by atoms with van der Waals surface area (Å²) in [5, 5.41) is 18.4. The number of aliphatic hydroxyl groups excluding tert-OH is 1. The highest BCUT2D eigenvalue weighted by molar-refractivity contribution is 5.98. The van der Waals surface area contributed by atoms with Crippen LogP contribution in [0.2, 0.25) is 0 Å². The number of Topliss-reactive ketones (excluding diaryl/α,β-unsaturated/α-hetero) is 1. The van der Waals surface area contributed by atoms with Crippen molar-refractivity contribution < 1.29 is 29.3 Å². The van der Waals surface area contributed by atoms with Crippen LogP contribution in [-0.2, 0) is 19.1 Å². The van der Waals surface area contributed by atoms with Crippen molar-refractivity contribution in [3.63, 3.8) is 0 Å². The minimum atomic E-state index is -1.83. The van der Waals surface area contributed by atoms with Gasteiger partial charge in [-0.15, -0.1) is 0 Å². The summed E-state index contributed by atoms with van der Waals surface area (Å²) in [6, 6.07) is 0. The van der Waals surface area contributed by atoms with Crippen LogP contribution in [0, 0.1) is 0 Å². The number of carbonyl (C=O) groups excluding carboxylic acids is 3. The summed E-state index contributed by atoms with van der Waals surface area (Å²) in [5.74, 6) is -2.77. The van der Waals surface area contributed by atoms with E-state index in [0.29, 0.717) is 0 Å². The Morgan fingerprint density at radius 2 is 1.80 bits per heavy atom. The van der Waals surface area contributed by atoms with Crippen molar-refractivity contribution in [1.82, 2.24) is 0 Å². The van der Waals surface area contributed by atoms with Gasteiger partial charge in [0.15, 0.2) is 6.10 Å². The monoisotopic (exact) mass is 218 g/mol. The Bertz CT molecular complexity index is 275. The molecule has 0 saturated carbocycles. The molecule has 0 aromatic heterocycles. The van der Waals surface area contributed by atoms with Crippen LogP contribution in [0.25, 0.3) is 0 Å². The van der Waals surface area contributed by atoms with E-state index < -0.39 is 35.8 Å². The van der Waals surface area contributed by atoms with E-state index >= 15 is 0 Å². The lowest BCUT2D eigenvalue weighted by molar-refractivity contribution is -0.174. The Kier molecular flexibility index (Phi) is 4.57. The van der Waals surface area contributed by atoms with E-state index in [1.807, 2.05) is 0 Å². The van der Waals surface area contributed by atoms with Gasteiger partial charge in [-0.2, -0.15) is 0 Å². The smallest absolute Gasteiger partial charge is 0.345 e. The first-order valence-corrected chi connectivity index (χ1v) is 4.29. The Labute approximate surface area is 86.8 Å². The lowest BCUT2D eigenvalue weighted by atomic mass is 10.0. The Balaban J connectivity index is 4.26. The molecule has 0 aliphatic carbocycles. The minimum absolute atomic E-state index is 0.453. The van der Waals surface area contributed by atoms with Gasteiger partial charge in [0.05, 0.1) is 5.60 Å². The summed E-state index contributed by atoms with van der Waals surface area (Å²) in [4.78, 5) is 32.3. The van der Waals surface area contributed by atoms with Crippen LogP contribution in [0.15, 0.2) is 0 Å². The molecule has 0 saturated heterocycles. The molecule has 6 heteroatoms. The highest BCUT2D eigenvalue weighted by Gasteiger charge is 2.33. The van der Waals surface area contributed by atoms with Crippen molar-refractivity contribution in [3.8, 4) is 0 Å². The molecule has 0 spiro atoms. The van der Waals surface area contributed by atoms with Crippen LogP contribution in [0.3, 0.4) is 0 Å². The second kappa shape index (κ2) is 4.99. The van der Waals surface area contributed by atoms with E-state index in [9.17, 15) is 24.6 Å². The van der Waals surface area contributed by atoms with Crippen LogP contribution in [0.5, 0.6) is 0 Å². The standard InChI is InChI=1S/C9H14O6/c1-5(10)4-6(11)15-8(13)7(12)9(2,3)14/h7,12,14H,4H2,1-3H3. The number of ether oxygens (including phenoxy) is 1. The van der Waals surface area contributed by atoms with Crippen molar-refractivity contribution in [1.29, 1.82) is 0 Å². The number of esters is 2. The van der Waals surface area contributed by atoms with Gasteiger partial charge in [-0.3, -0.25) is 9.59 Å². The molecule has 0 rings (SSSR count). The maximum Gasteiger partial charge on any atom is 0.345 e. The molecular formula is C9H14O6. The van der Waals surface area contributed by atoms with E-state index in [1.165, 1.54) is 13.8 Å². The Hall–Kier alpha value is -1.27. The Morgan fingerprint density at radius 3 is 2.13 bits per heavy atom. The van der Waals surface area contributed by atoms with Crippen LogP contribution >= 0.6 is 0 Å². The fraction of sp³-hybridized carbons (Fsp3) is 0.667. The summed E-state index contributed by atoms with van der Waals surface area (Å²) in [6.45, 7) is 3.54. The molecule has 15 heavy (non-hydrogen) atoms. The zero-order valence-electron chi connectivity index (χ0n) is 8.81. The maximum absolute atomic E-state index is 11.0. The minimum Gasteiger partial charge on any atom is -0.391 e. The molecule has 1 unspecified atom stereocenters. The third-order valence-electron chi connectivity index (χ3n) is 1.50. The maximum atomic E-state index is 11.0. The molecule has 2 N–H and O–H groups in total. The predicted octanol–water partition coefficient (Wildman–Crippen LogP) is -0.833. The molecule has 0 bridgehead atoms. The van der Waals surface area contributed by atoms with Crippen LogP contribution in [0.1, 0.15) is 27.2 Å². The third-order valence-corrected chi connectivity index (χ3v) is 1.50. The van der Waals surface area contributed by atoms with Gasteiger partial charge >= 0.3 is 11.9 Å². The molecule has 1 atom stereocenters. The lowest BCUT2D eigenvalue weighted by Crippen LogP contribution is -2.43. The quantitative estimate of drug-likeness (QED) is 0.471. The lowest BCUT2D eigenvalue weighted by Gasteiger charge is -2.21. The summed E-state index contributed by atoms with van der Waals surface area (Å²) < 4.78 is 4.14. The zero-order valence-corrected chi connectivity index (χ0v) is 8.81. The topological polar surface area (TPSA) is 101 Å². The van der Waals surface area contributed by atoms with E-state index in [4.69, 9.17) is 0 Å². The number of hydrogen-bond acceptors (Lipinski definition) is 6. The van der Waals surface area contributed by atoms with Crippen LogP contribution in [0.4, 0.5) is 0 Å². The van der Waals surface area contributed by atoms with Crippen LogP contribution < -0.4 is 0 Å². The summed E-state index contributed by atoms with van der Waals surface area (Å²) in [6.07, 6.45) is -2.36. The summed E-state index contributed by atoms with van der Waals surface area (Å²) in [7, 11) is 0. The molecule has 0 radical (unpaired) electrons. The van der Waals surface area contributed by atoms with Crippen LogP contribution in [-0.4, -0.2) is 39.6 Å². The van der Waals surface area contributed by atoms with E-state index in [0.717, 1.165) is 6.92 Å². The van der Waals surface area contributed by atoms with Gasteiger partial charge in [0.25, 0.3) is 0 Å². The highest BCUT2D eigenvalue weighted by atomic mass is 16.6. The van der Waals surface area contributed by atoms with E-state index in [-0.39, 0.29) is 0 Å². The molecule has 0 amide bonds. The fourth-order valence-corrected chi connectivity index (χ4v) is 0.696. The molecule has 0 heterocycles. The molecule has 0 aliphatic heterocycles. The SMILES string of the molecule is CC(=O)CC(=O)OC(=O)C(O)C(C)(C)O. The number of ketones is 1. The van der Waals surface area contributed by atoms with Crippen molar-refractivity contribution >= 4 is 17.7 Å². The molecule has 0 aliphatic rings. The van der Waals surface area contributed by atoms with Gasteiger partial charge in [0.1, 0.15) is 12.2 Å². The average Bonchev–Trinajstić information content (AvgIpc) is 1.99. The summed E-state index contributed by atoms with van der Waals surface area (Å²) >= 11 is 0. The van der Waals surface area contributed by atoms with Gasteiger partial charge in [-0.1, -0.05) is 0 Å². The number of carbonyl (C=O) groups is 3. The van der Waals surface area contributed by atoms with Crippen molar-refractivity contribution in [2.75, 3.05) is 0 Å². The van der Waals surface area contributed by atoms with Gasteiger partial charge < -0.3 is 14.9 Å². The van der Waals surface area contributed by atoms with E-state index in [1.54, 1.807) is 0 Å². The highest BCUT2D eigenvalue weighted by Crippen LogP contribution is 2.10. The number of hydrogen-bond donors (Lipinski definition) is 2. The number of rotatable bonds is 4. The number of aliphatic hydroxyl groups is 2. The molecule has 86 valence electrons. The molecule has 0 fully saturated rings. The second-order valence-electron chi connectivity index (χ2n) is 3.73. The van der Waals surface area contributed by atoms with Crippen molar-refractivity contribution in [3.05, 3.63) is 0 Å². The fourth-order valence-electron chi connectivity index (χ4n) is 0.696. The first kappa shape index (κ1) is 13.7. The van der Waals surface area contributed by atoms with Crippen molar-refractivity contribution in [2.24, 2.45) is 0 Å². The molecule has 0 aromatic carbocycles. The zero-order chi connectivity index (χ0) is 12.2. The van der Waals surface area contributed by atoms with E-state index in [2.05, 4.69) is 4.74 Å². The van der Waals surface area contributed by atoms with Gasteiger partial charge in [0, 0.05) is 0 Å².